The van der Waals surface area contributed by atoms with Crippen LogP contribution in [-0.4, -0.2) is 110 Å². The minimum absolute atomic E-state index is 0.244. The molecule has 8 N–H and O–H groups in total. The summed E-state index contributed by atoms with van der Waals surface area (Å²) < 4.78 is 11.1. The Hall–Kier alpha value is -1.67. The first-order chi connectivity index (χ1) is 34.2. The van der Waals surface area contributed by atoms with Gasteiger partial charge in [0.05, 0.1) is 25.4 Å². The number of nitrogens with one attached hydrogen (secondary N) is 1. The molecule has 1 aliphatic heterocycles. The van der Waals surface area contributed by atoms with E-state index >= 15 is 0 Å². The van der Waals surface area contributed by atoms with Gasteiger partial charge < -0.3 is 50.5 Å². The van der Waals surface area contributed by atoms with E-state index in [-0.39, 0.29) is 12.8 Å². The van der Waals surface area contributed by atoms with Crippen molar-refractivity contribution >= 4 is 5.91 Å². The van der Waals surface area contributed by atoms with Crippen LogP contribution in [0, 0.1) is 0 Å². The monoisotopic (exact) mass is 994 g/mol. The predicted molar refractivity (Wildman–Crippen MR) is 289 cm³/mol. The zero-order valence-corrected chi connectivity index (χ0v) is 45.0. The van der Waals surface area contributed by atoms with Crippen molar-refractivity contribution < 1.29 is 50.0 Å². The van der Waals surface area contributed by atoms with Gasteiger partial charge in [0, 0.05) is 0 Å². The smallest absolute Gasteiger partial charge is 0.249 e. The summed E-state index contributed by atoms with van der Waals surface area (Å²) in [6.07, 6.45) is 47.7. The van der Waals surface area contributed by atoms with Crippen molar-refractivity contribution in [2.45, 2.75) is 319 Å². The van der Waals surface area contributed by atoms with Crippen molar-refractivity contribution in [1.82, 2.24) is 5.32 Å². The highest BCUT2D eigenvalue weighted by molar-refractivity contribution is 5.80. The maximum absolute atomic E-state index is 13.2. The standard InChI is InChI=1S/C59H111NO10/c1-3-5-7-9-11-13-15-17-19-21-23-24-25-26-27-29-30-32-34-36-38-40-42-44-46-51(62)54(64)50(49-69-59-57(67)56(66)55(65)53(48-61)70-59)60-58(68)52(63)47-45-43-41-39-37-35-33-31-28-22-20-18-16-14-12-10-8-6-4-2/h28,30-32,38,40,50-57,59,61-67H,3-27,29,33-37,39,41-49H2,1-2H3,(H,60,68)/b31-28-,32-30+,40-38+. The highest BCUT2D eigenvalue weighted by Gasteiger charge is 2.44. The van der Waals surface area contributed by atoms with Gasteiger partial charge >= 0.3 is 0 Å². The van der Waals surface area contributed by atoms with Crippen LogP contribution < -0.4 is 5.32 Å². The van der Waals surface area contributed by atoms with Gasteiger partial charge in [0.2, 0.25) is 5.91 Å². The Kier molecular flexibility index (Phi) is 45.8. The Morgan fingerprint density at radius 2 is 0.857 bits per heavy atom. The summed E-state index contributed by atoms with van der Waals surface area (Å²) in [5.41, 5.74) is 0. The molecule has 11 heteroatoms. The van der Waals surface area contributed by atoms with Gasteiger partial charge in [0.1, 0.15) is 36.6 Å². The maximum atomic E-state index is 13.2. The Balaban J connectivity index is 2.35. The largest absolute Gasteiger partial charge is 0.394 e. The predicted octanol–water partition coefficient (Wildman–Crippen LogP) is 12.3. The molecule has 0 aromatic carbocycles. The third-order valence-corrected chi connectivity index (χ3v) is 14.1. The summed E-state index contributed by atoms with van der Waals surface area (Å²) in [6, 6.07) is -1.19. The number of carbonyl (C=O) groups excluding carboxylic acids is 1. The quantitative estimate of drug-likeness (QED) is 0.0215. The zero-order chi connectivity index (χ0) is 51.1. The lowest BCUT2D eigenvalue weighted by Crippen LogP contribution is -2.60. The molecule has 70 heavy (non-hydrogen) atoms. The van der Waals surface area contributed by atoms with Gasteiger partial charge in [0.15, 0.2) is 6.29 Å². The van der Waals surface area contributed by atoms with Crippen LogP contribution in [0.15, 0.2) is 36.5 Å². The summed E-state index contributed by atoms with van der Waals surface area (Å²) in [7, 11) is 0. The van der Waals surface area contributed by atoms with E-state index in [9.17, 15) is 40.5 Å². The van der Waals surface area contributed by atoms with Gasteiger partial charge in [-0.2, -0.15) is 0 Å². The molecule has 1 fully saturated rings. The summed E-state index contributed by atoms with van der Waals surface area (Å²) in [5.74, 6) is -0.713. The second-order valence-corrected chi connectivity index (χ2v) is 20.7. The average Bonchev–Trinajstić information content (AvgIpc) is 3.36. The molecule has 0 spiro atoms. The summed E-state index contributed by atoms with van der Waals surface area (Å²) >= 11 is 0. The van der Waals surface area contributed by atoms with Gasteiger partial charge in [-0.05, 0) is 77.0 Å². The Bertz CT molecular complexity index is 1230. The lowest BCUT2D eigenvalue weighted by molar-refractivity contribution is -0.303. The van der Waals surface area contributed by atoms with Crippen LogP contribution in [0.2, 0.25) is 0 Å². The van der Waals surface area contributed by atoms with Gasteiger partial charge in [-0.25, -0.2) is 0 Å². The molecule has 412 valence electrons. The number of aliphatic hydroxyl groups excluding tert-OH is 7. The number of rotatable bonds is 50. The first-order valence-electron chi connectivity index (χ1n) is 29.4. The fourth-order valence-corrected chi connectivity index (χ4v) is 9.34. The molecule has 1 amide bonds. The topological polar surface area (TPSA) is 189 Å². The van der Waals surface area contributed by atoms with Crippen molar-refractivity contribution in [2.24, 2.45) is 0 Å². The van der Waals surface area contributed by atoms with Crippen LogP contribution in [0.4, 0.5) is 0 Å². The summed E-state index contributed by atoms with van der Waals surface area (Å²) in [5, 5.41) is 76.1. The number of unbranched alkanes of at least 4 members (excludes halogenated alkanes) is 32. The molecule has 0 radical (unpaired) electrons. The van der Waals surface area contributed by atoms with Gasteiger partial charge in [-0.15, -0.1) is 0 Å². The molecule has 11 nitrogen and oxygen atoms in total. The van der Waals surface area contributed by atoms with E-state index in [0.29, 0.717) is 19.3 Å². The van der Waals surface area contributed by atoms with Crippen molar-refractivity contribution in [1.29, 1.82) is 0 Å². The van der Waals surface area contributed by atoms with Gasteiger partial charge in [0.25, 0.3) is 0 Å². The highest BCUT2D eigenvalue weighted by Crippen LogP contribution is 2.23. The molecule has 9 unspecified atom stereocenters. The maximum Gasteiger partial charge on any atom is 0.249 e. The Labute approximate surface area is 428 Å². The van der Waals surface area contributed by atoms with Crippen molar-refractivity contribution in [2.75, 3.05) is 13.2 Å². The molecular formula is C59H111NO10. The highest BCUT2D eigenvalue weighted by atomic mass is 16.7. The SMILES string of the molecule is CCCCCCCCCCC/C=C\CCCCCCCCC(O)C(=O)NC(COC1OC(CO)C(O)C(O)C1O)C(O)C(O)CCC/C=C/CC/C=C/CCCCCCCCCCCCCCCCC. The average molecular weight is 995 g/mol. The van der Waals surface area contributed by atoms with E-state index in [1.165, 1.54) is 161 Å². The van der Waals surface area contributed by atoms with E-state index < -0.39 is 74.2 Å². The number of carbonyl (C=O) groups is 1. The second-order valence-electron chi connectivity index (χ2n) is 20.7. The second kappa shape index (κ2) is 48.3. The van der Waals surface area contributed by atoms with E-state index in [0.717, 1.165) is 57.8 Å². The van der Waals surface area contributed by atoms with Crippen LogP contribution in [-0.2, 0) is 14.3 Å². The van der Waals surface area contributed by atoms with E-state index in [4.69, 9.17) is 9.47 Å². The third kappa shape index (κ3) is 36.3. The van der Waals surface area contributed by atoms with Crippen molar-refractivity contribution in [3.63, 3.8) is 0 Å². The molecule has 0 aromatic heterocycles. The Morgan fingerprint density at radius 1 is 0.486 bits per heavy atom. The number of hydrogen-bond acceptors (Lipinski definition) is 10. The molecule has 0 aromatic rings. The third-order valence-electron chi connectivity index (χ3n) is 14.1. The molecule has 1 heterocycles. The van der Waals surface area contributed by atoms with E-state index in [1.807, 2.05) is 0 Å². The fourth-order valence-electron chi connectivity index (χ4n) is 9.34. The number of ether oxygens (including phenoxy) is 2. The van der Waals surface area contributed by atoms with E-state index in [2.05, 4.69) is 55.6 Å². The van der Waals surface area contributed by atoms with Gasteiger partial charge in [-0.1, -0.05) is 224 Å². The minimum atomic E-state index is -1.67. The van der Waals surface area contributed by atoms with Crippen molar-refractivity contribution in [3.8, 4) is 0 Å². The number of allylic oxidation sites excluding steroid dienone is 6. The Morgan fingerprint density at radius 3 is 1.27 bits per heavy atom. The van der Waals surface area contributed by atoms with Crippen LogP contribution >= 0.6 is 0 Å². The molecule has 0 aliphatic carbocycles. The van der Waals surface area contributed by atoms with Crippen LogP contribution in [0.25, 0.3) is 0 Å². The number of amides is 1. The van der Waals surface area contributed by atoms with Crippen LogP contribution in [0.1, 0.15) is 264 Å². The molecular weight excluding hydrogens is 883 g/mol. The lowest BCUT2D eigenvalue weighted by Gasteiger charge is -2.40. The fraction of sp³-hybridized carbons (Fsp3) is 0.881. The summed E-state index contributed by atoms with van der Waals surface area (Å²) in [4.78, 5) is 13.2. The van der Waals surface area contributed by atoms with Crippen LogP contribution in [0.5, 0.6) is 0 Å². The first kappa shape index (κ1) is 66.3. The minimum Gasteiger partial charge on any atom is -0.394 e. The van der Waals surface area contributed by atoms with E-state index in [1.54, 1.807) is 0 Å². The lowest BCUT2D eigenvalue weighted by atomic mass is 9.98. The number of aliphatic hydroxyl groups is 7. The molecule has 1 rings (SSSR count). The van der Waals surface area contributed by atoms with Gasteiger partial charge in [-0.3, -0.25) is 4.79 Å². The molecule has 9 atom stereocenters. The summed E-state index contributed by atoms with van der Waals surface area (Å²) in [6.45, 7) is 3.46. The normalized spacial score (nSPS) is 20.5. The zero-order valence-electron chi connectivity index (χ0n) is 45.0. The number of hydrogen-bond donors (Lipinski definition) is 8. The van der Waals surface area contributed by atoms with Crippen LogP contribution in [0.3, 0.4) is 0 Å². The van der Waals surface area contributed by atoms with Crippen molar-refractivity contribution in [3.05, 3.63) is 36.5 Å². The molecule has 0 saturated carbocycles. The first-order valence-corrected chi connectivity index (χ1v) is 29.4. The molecule has 1 aliphatic rings. The molecule has 0 bridgehead atoms. The molecule has 1 saturated heterocycles.